The molecule has 0 amide bonds. The van der Waals surface area contributed by atoms with Crippen LogP contribution < -0.4 is 9.47 Å². The molecule has 2 nitrogen and oxygen atoms in total. The average molecular weight is 386 g/mol. The molecule has 1 aromatic heterocycles. The first kappa shape index (κ1) is 18.2. The van der Waals surface area contributed by atoms with Gasteiger partial charge in [0, 0.05) is 29.2 Å². The maximum Gasteiger partial charge on any atom is 0.239 e. The van der Waals surface area contributed by atoms with Gasteiger partial charge in [-0.1, -0.05) is 36.4 Å². The van der Waals surface area contributed by atoms with E-state index in [1.165, 1.54) is 26.1 Å². The molecule has 4 aromatic rings. The smallest absolute Gasteiger partial charge is 0.239 e. The first-order valence-corrected chi connectivity index (χ1v) is 9.91. The Bertz CT molecular complexity index is 1110. The van der Waals surface area contributed by atoms with Crippen LogP contribution in [0.5, 0.6) is 11.5 Å². The molecule has 3 aromatic carbocycles. The Labute approximate surface area is 169 Å². The van der Waals surface area contributed by atoms with Crippen LogP contribution in [0.2, 0.25) is 0 Å². The van der Waals surface area contributed by atoms with Crippen LogP contribution in [-0.4, -0.2) is 14.2 Å². The number of benzene rings is 3. The second kappa shape index (κ2) is 8.24. The summed E-state index contributed by atoms with van der Waals surface area (Å²) < 4.78 is 11.8. The van der Waals surface area contributed by atoms with Gasteiger partial charge in [0.15, 0.2) is 0 Å². The molecule has 0 spiro atoms. The largest absolute Gasteiger partial charge is 0.497 e. The topological polar surface area (TPSA) is 18.5 Å². The van der Waals surface area contributed by atoms with Crippen molar-refractivity contribution in [2.75, 3.05) is 14.2 Å². The zero-order valence-electron chi connectivity index (χ0n) is 15.9. The van der Waals surface area contributed by atoms with Crippen LogP contribution in [0.4, 0.5) is 0 Å². The first-order valence-electron chi connectivity index (χ1n) is 9.09. The number of hydrogen-bond acceptors (Lipinski definition) is 2. The number of rotatable bonds is 5. The third kappa shape index (κ3) is 3.90. The number of hydrogen-bond donors (Lipinski definition) is 0. The van der Waals surface area contributed by atoms with Gasteiger partial charge in [-0.15, -0.1) is 0 Å². The van der Waals surface area contributed by atoms with E-state index < -0.39 is 0 Å². The van der Waals surface area contributed by atoms with Crippen molar-refractivity contribution in [3.63, 3.8) is 0 Å². The van der Waals surface area contributed by atoms with E-state index in [0.717, 1.165) is 17.1 Å². The minimum Gasteiger partial charge on any atom is -0.497 e. The third-order valence-electron chi connectivity index (χ3n) is 4.65. The van der Waals surface area contributed by atoms with Crippen molar-refractivity contribution in [2.24, 2.45) is 0 Å². The summed E-state index contributed by atoms with van der Waals surface area (Å²) in [6, 6.07) is 27.1. The van der Waals surface area contributed by atoms with E-state index in [4.69, 9.17) is 9.47 Å². The van der Waals surface area contributed by atoms with Crippen LogP contribution in [0.1, 0.15) is 10.4 Å². The molecular weight excluding hydrogens is 364 g/mol. The highest BCUT2D eigenvalue weighted by atomic mass is 32.1. The van der Waals surface area contributed by atoms with Gasteiger partial charge in [0.1, 0.15) is 11.5 Å². The molecule has 1 heterocycles. The summed E-state index contributed by atoms with van der Waals surface area (Å²) in [7, 11) is 3.37. The molecule has 0 saturated carbocycles. The van der Waals surface area contributed by atoms with Gasteiger partial charge in [0.05, 0.1) is 14.2 Å². The minimum absolute atomic E-state index is 0.867. The molecule has 0 atom stereocenters. The Morgan fingerprint density at radius 3 is 2.04 bits per heavy atom. The zero-order chi connectivity index (χ0) is 19.3. The molecule has 0 aliphatic carbocycles. The molecule has 0 aliphatic rings. The third-order valence-corrected chi connectivity index (χ3v) is 5.71. The average Bonchev–Trinajstić information content (AvgIpc) is 2.77. The molecule has 4 rings (SSSR count). The lowest BCUT2D eigenvalue weighted by Crippen LogP contribution is -1.85. The quantitative estimate of drug-likeness (QED) is 0.343. The van der Waals surface area contributed by atoms with Gasteiger partial charge in [-0.25, -0.2) is 0 Å². The van der Waals surface area contributed by atoms with Crippen molar-refractivity contribution >= 4 is 33.6 Å². The van der Waals surface area contributed by atoms with E-state index in [1.54, 1.807) is 25.6 Å². The number of ether oxygens (including phenoxy) is 2. The molecule has 0 radical (unpaired) electrons. The molecule has 0 N–H and O–H groups in total. The standard InChI is InChI=1S/C25H21O2S/c1-26-20-12-7-18(8-13-20)9-16-22-17-24(19-10-14-21(27-2)15-11-19)23-5-3-4-6-25(23)28-22/h3-17H,1-2H3/q+1/b16-9+. The number of fused-ring (bicyclic) bond motifs is 1. The SMILES string of the molecule is COc1ccc(/C=C/c2cc(-c3ccc(OC)cc3)c3ccccc3[s+]2)cc1. The van der Waals surface area contributed by atoms with E-state index in [9.17, 15) is 0 Å². The van der Waals surface area contributed by atoms with Crippen molar-refractivity contribution in [1.29, 1.82) is 0 Å². The van der Waals surface area contributed by atoms with Gasteiger partial charge in [-0.05, 0) is 47.5 Å². The second-order valence-electron chi connectivity index (χ2n) is 6.39. The molecule has 3 heteroatoms. The summed E-state index contributed by atoms with van der Waals surface area (Å²) in [5, 5.41) is 1.26. The van der Waals surface area contributed by atoms with Crippen LogP contribution in [-0.2, 0) is 0 Å². The molecule has 138 valence electrons. The fourth-order valence-corrected chi connectivity index (χ4v) is 4.14. The lowest BCUT2D eigenvalue weighted by atomic mass is 10.0. The summed E-state index contributed by atoms with van der Waals surface area (Å²) in [6.45, 7) is 0. The van der Waals surface area contributed by atoms with Crippen molar-refractivity contribution in [2.45, 2.75) is 0 Å². The lowest BCUT2D eigenvalue weighted by Gasteiger charge is -2.05. The van der Waals surface area contributed by atoms with Crippen LogP contribution in [0.25, 0.3) is 33.4 Å². The monoisotopic (exact) mass is 385 g/mol. The van der Waals surface area contributed by atoms with E-state index in [-0.39, 0.29) is 0 Å². The summed E-state index contributed by atoms with van der Waals surface area (Å²) in [5.41, 5.74) is 3.56. The van der Waals surface area contributed by atoms with Gasteiger partial charge in [0.25, 0.3) is 0 Å². The van der Waals surface area contributed by atoms with E-state index in [0.29, 0.717) is 0 Å². The Hall–Kier alpha value is -3.17. The highest BCUT2D eigenvalue weighted by Gasteiger charge is 2.15. The van der Waals surface area contributed by atoms with Gasteiger partial charge in [-0.3, -0.25) is 0 Å². The Morgan fingerprint density at radius 2 is 1.36 bits per heavy atom. The lowest BCUT2D eigenvalue weighted by molar-refractivity contribution is 0.414. The van der Waals surface area contributed by atoms with Gasteiger partial charge >= 0.3 is 0 Å². The van der Waals surface area contributed by atoms with E-state index in [2.05, 4.69) is 66.7 Å². The highest BCUT2D eigenvalue weighted by Crippen LogP contribution is 2.34. The Balaban J connectivity index is 1.75. The van der Waals surface area contributed by atoms with Crippen LogP contribution in [0.15, 0.2) is 78.9 Å². The highest BCUT2D eigenvalue weighted by molar-refractivity contribution is 7.19. The second-order valence-corrected chi connectivity index (χ2v) is 7.51. The summed E-state index contributed by atoms with van der Waals surface area (Å²) in [4.78, 5) is 1.21. The molecule has 0 fully saturated rings. The minimum atomic E-state index is 0.867. The molecule has 0 unspecified atom stereocenters. The molecular formula is C25H21O2S+. The van der Waals surface area contributed by atoms with Crippen molar-refractivity contribution < 1.29 is 9.47 Å². The fraction of sp³-hybridized carbons (Fsp3) is 0.0800. The predicted octanol–water partition coefficient (Wildman–Crippen LogP) is 7.04. The van der Waals surface area contributed by atoms with Crippen molar-refractivity contribution in [3.8, 4) is 22.6 Å². The summed E-state index contributed by atoms with van der Waals surface area (Å²) >= 11 is 1.79. The first-order chi connectivity index (χ1) is 13.8. The van der Waals surface area contributed by atoms with E-state index >= 15 is 0 Å². The van der Waals surface area contributed by atoms with Crippen LogP contribution in [0, 0.1) is 0 Å². The van der Waals surface area contributed by atoms with Crippen molar-refractivity contribution in [1.82, 2.24) is 0 Å². The Morgan fingerprint density at radius 1 is 0.714 bits per heavy atom. The molecule has 0 aliphatic heterocycles. The maximum absolute atomic E-state index is 5.30. The predicted molar refractivity (Wildman–Crippen MR) is 120 cm³/mol. The van der Waals surface area contributed by atoms with Gasteiger partial charge < -0.3 is 9.47 Å². The Kier molecular flexibility index (Phi) is 5.36. The molecule has 0 bridgehead atoms. The van der Waals surface area contributed by atoms with Crippen LogP contribution >= 0.6 is 11.3 Å². The van der Waals surface area contributed by atoms with E-state index in [1.807, 2.05) is 24.3 Å². The number of methoxy groups -OCH3 is 2. The van der Waals surface area contributed by atoms with Crippen molar-refractivity contribution in [3.05, 3.63) is 89.3 Å². The van der Waals surface area contributed by atoms with Gasteiger partial charge in [0.2, 0.25) is 20.9 Å². The maximum atomic E-state index is 5.30. The van der Waals surface area contributed by atoms with Gasteiger partial charge in [-0.2, -0.15) is 0 Å². The molecule has 0 saturated heterocycles. The summed E-state index contributed by atoms with van der Waals surface area (Å²) in [5.74, 6) is 1.74. The normalized spacial score (nSPS) is 11.1. The van der Waals surface area contributed by atoms with Crippen LogP contribution in [0.3, 0.4) is 0 Å². The summed E-state index contributed by atoms with van der Waals surface area (Å²) in [6.07, 6.45) is 4.31. The zero-order valence-corrected chi connectivity index (χ0v) is 16.7. The molecule has 28 heavy (non-hydrogen) atoms. The fourth-order valence-electron chi connectivity index (χ4n) is 3.14.